The number of amides is 2. The monoisotopic (exact) mass is 324 g/mol. The standard InChI is InChI=1S/C12H9ClN4O3S/c1-14-12(20)9(18)10-8(16-17-21-10)11(19)15-7-4-2-3-6(13)5-7/h2-5H,1H3,(H,14,20)(H,15,19). The van der Waals surface area contributed by atoms with Crippen LogP contribution in [-0.4, -0.2) is 34.2 Å². The fraction of sp³-hybridized carbons (Fsp3) is 0.0833. The van der Waals surface area contributed by atoms with Gasteiger partial charge in [-0.15, -0.1) is 5.10 Å². The highest BCUT2D eigenvalue weighted by molar-refractivity contribution is 7.09. The molecule has 0 unspecified atom stereocenters. The molecule has 2 N–H and O–H groups in total. The summed E-state index contributed by atoms with van der Waals surface area (Å²) in [6.07, 6.45) is 0. The largest absolute Gasteiger partial charge is 0.352 e. The van der Waals surface area contributed by atoms with Crippen LogP contribution in [0.1, 0.15) is 20.2 Å². The van der Waals surface area contributed by atoms with E-state index in [1.807, 2.05) is 0 Å². The Labute approximate surface area is 128 Å². The number of hydrogen-bond acceptors (Lipinski definition) is 6. The zero-order valence-electron chi connectivity index (χ0n) is 10.7. The van der Waals surface area contributed by atoms with Gasteiger partial charge in [0, 0.05) is 17.8 Å². The van der Waals surface area contributed by atoms with Gasteiger partial charge >= 0.3 is 0 Å². The second kappa shape index (κ2) is 6.42. The van der Waals surface area contributed by atoms with E-state index in [-0.39, 0.29) is 10.6 Å². The van der Waals surface area contributed by atoms with E-state index in [0.717, 1.165) is 0 Å². The zero-order chi connectivity index (χ0) is 15.4. The van der Waals surface area contributed by atoms with E-state index in [4.69, 9.17) is 11.6 Å². The van der Waals surface area contributed by atoms with Crippen molar-refractivity contribution < 1.29 is 14.4 Å². The van der Waals surface area contributed by atoms with E-state index in [2.05, 4.69) is 20.2 Å². The number of nitrogens with one attached hydrogen (secondary N) is 2. The van der Waals surface area contributed by atoms with E-state index in [1.54, 1.807) is 24.3 Å². The van der Waals surface area contributed by atoms with Crippen molar-refractivity contribution in [2.24, 2.45) is 0 Å². The fourth-order valence-electron chi connectivity index (χ4n) is 1.46. The molecular weight excluding hydrogens is 316 g/mol. The summed E-state index contributed by atoms with van der Waals surface area (Å²) in [4.78, 5) is 35.1. The van der Waals surface area contributed by atoms with E-state index < -0.39 is 17.6 Å². The Morgan fingerprint density at radius 3 is 2.71 bits per heavy atom. The third-order valence-electron chi connectivity index (χ3n) is 2.43. The van der Waals surface area contributed by atoms with Crippen LogP contribution in [-0.2, 0) is 4.79 Å². The van der Waals surface area contributed by atoms with Crippen molar-refractivity contribution >= 4 is 46.4 Å². The summed E-state index contributed by atoms with van der Waals surface area (Å²) in [7, 11) is 1.32. The van der Waals surface area contributed by atoms with E-state index >= 15 is 0 Å². The lowest BCUT2D eigenvalue weighted by Gasteiger charge is -2.04. The molecule has 2 aromatic rings. The number of ketones is 1. The SMILES string of the molecule is CNC(=O)C(=O)c1snnc1C(=O)Nc1cccc(Cl)c1. The van der Waals surface area contributed by atoms with Crippen LogP contribution >= 0.6 is 23.1 Å². The molecule has 0 radical (unpaired) electrons. The number of rotatable bonds is 4. The van der Waals surface area contributed by atoms with Gasteiger partial charge in [-0.3, -0.25) is 14.4 Å². The van der Waals surface area contributed by atoms with Crippen LogP contribution < -0.4 is 10.6 Å². The first-order valence-electron chi connectivity index (χ1n) is 5.68. The Balaban J connectivity index is 2.23. The van der Waals surface area contributed by atoms with Gasteiger partial charge in [-0.05, 0) is 29.7 Å². The normalized spacial score (nSPS) is 10.0. The van der Waals surface area contributed by atoms with Gasteiger partial charge < -0.3 is 10.6 Å². The Hall–Kier alpha value is -2.32. The number of carbonyl (C=O) groups excluding carboxylic acids is 3. The van der Waals surface area contributed by atoms with Crippen LogP contribution in [0.3, 0.4) is 0 Å². The molecule has 2 amide bonds. The van der Waals surface area contributed by atoms with Crippen LogP contribution in [0.15, 0.2) is 24.3 Å². The molecule has 21 heavy (non-hydrogen) atoms. The van der Waals surface area contributed by atoms with Gasteiger partial charge in [0.05, 0.1) is 0 Å². The van der Waals surface area contributed by atoms with Gasteiger partial charge in [-0.25, -0.2) is 0 Å². The van der Waals surface area contributed by atoms with E-state index in [9.17, 15) is 14.4 Å². The summed E-state index contributed by atoms with van der Waals surface area (Å²) in [6.45, 7) is 0. The number of anilines is 1. The first-order valence-corrected chi connectivity index (χ1v) is 6.83. The number of benzene rings is 1. The first-order chi connectivity index (χ1) is 10.0. The summed E-state index contributed by atoms with van der Waals surface area (Å²) < 4.78 is 3.54. The molecule has 0 aliphatic carbocycles. The van der Waals surface area contributed by atoms with Gasteiger partial charge in [0.2, 0.25) is 0 Å². The Bertz CT molecular complexity index is 716. The molecule has 0 bridgehead atoms. The molecule has 0 fully saturated rings. The second-order valence-electron chi connectivity index (χ2n) is 3.82. The van der Waals surface area contributed by atoms with Crippen molar-refractivity contribution in [2.75, 3.05) is 12.4 Å². The van der Waals surface area contributed by atoms with Crippen molar-refractivity contribution in [2.45, 2.75) is 0 Å². The molecule has 0 saturated heterocycles. The van der Waals surface area contributed by atoms with Gasteiger partial charge in [0.1, 0.15) is 4.88 Å². The average Bonchev–Trinajstić information content (AvgIpc) is 2.95. The maximum Gasteiger partial charge on any atom is 0.293 e. The molecule has 0 aliphatic rings. The maximum atomic E-state index is 12.1. The van der Waals surface area contributed by atoms with Crippen LogP contribution in [0.4, 0.5) is 5.69 Å². The third-order valence-corrected chi connectivity index (χ3v) is 3.38. The van der Waals surface area contributed by atoms with Crippen molar-refractivity contribution in [3.63, 3.8) is 0 Å². The number of aromatic nitrogens is 2. The summed E-state index contributed by atoms with van der Waals surface area (Å²) in [5.41, 5.74) is 0.243. The summed E-state index contributed by atoms with van der Waals surface area (Å²) in [5.74, 6) is -2.33. The summed E-state index contributed by atoms with van der Waals surface area (Å²) in [5, 5.41) is 8.77. The number of halogens is 1. The van der Waals surface area contributed by atoms with E-state index in [1.165, 1.54) is 7.05 Å². The highest BCUT2D eigenvalue weighted by Crippen LogP contribution is 2.17. The molecule has 1 heterocycles. The molecule has 1 aromatic heterocycles. The van der Waals surface area contributed by atoms with Gasteiger partial charge in [-0.1, -0.05) is 22.2 Å². The van der Waals surface area contributed by atoms with Crippen molar-refractivity contribution in [1.29, 1.82) is 0 Å². The number of hydrogen-bond donors (Lipinski definition) is 2. The Morgan fingerprint density at radius 1 is 1.29 bits per heavy atom. The van der Waals surface area contributed by atoms with Crippen LogP contribution in [0.2, 0.25) is 5.02 Å². The summed E-state index contributed by atoms with van der Waals surface area (Å²) in [6, 6.07) is 6.49. The average molecular weight is 325 g/mol. The third kappa shape index (κ3) is 3.41. The predicted octanol–water partition coefficient (Wildman–Crippen LogP) is 1.37. The minimum absolute atomic E-state index is 0.117. The van der Waals surface area contributed by atoms with Crippen LogP contribution in [0.5, 0.6) is 0 Å². The molecule has 0 saturated carbocycles. The predicted molar refractivity (Wildman–Crippen MR) is 77.7 cm³/mol. The molecule has 9 heteroatoms. The van der Waals surface area contributed by atoms with Gasteiger partial charge in [0.15, 0.2) is 5.69 Å². The van der Waals surface area contributed by atoms with E-state index in [0.29, 0.717) is 22.2 Å². The Morgan fingerprint density at radius 2 is 2.05 bits per heavy atom. The highest BCUT2D eigenvalue weighted by atomic mass is 35.5. The topological polar surface area (TPSA) is 101 Å². The Kier molecular flexibility index (Phi) is 4.61. The lowest BCUT2D eigenvalue weighted by atomic mass is 10.2. The van der Waals surface area contributed by atoms with Gasteiger partial charge in [-0.2, -0.15) is 0 Å². The summed E-state index contributed by atoms with van der Waals surface area (Å²) >= 11 is 6.50. The van der Waals surface area contributed by atoms with Gasteiger partial charge in [0.25, 0.3) is 17.6 Å². The van der Waals surface area contributed by atoms with Crippen LogP contribution in [0.25, 0.3) is 0 Å². The molecule has 108 valence electrons. The molecule has 0 aliphatic heterocycles. The smallest absolute Gasteiger partial charge is 0.293 e. The fourth-order valence-corrected chi connectivity index (χ4v) is 2.25. The van der Waals surface area contributed by atoms with Crippen molar-refractivity contribution in [3.05, 3.63) is 39.9 Å². The molecule has 0 atom stereocenters. The number of carbonyl (C=O) groups is 3. The van der Waals surface area contributed by atoms with Crippen LogP contribution in [0, 0.1) is 0 Å². The first kappa shape index (κ1) is 15.1. The molecule has 0 spiro atoms. The number of nitrogens with zero attached hydrogens (tertiary/aromatic N) is 2. The quantitative estimate of drug-likeness (QED) is 0.653. The van der Waals surface area contributed by atoms with Crippen molar-refractivity contribution in [1.82, 2.24) is 14.9 Å². The molecular formula is C12H9ClN4O3S. The number of likely N-dealkylation sites (N-methyl/N-ethyl adjacent to an activating group) is 1. The number of Topliss-reactive ketones (excluding diaryl/α,β-unsaturated/α-hetero) is 1. The minimum Gasteiger partial charge on any atom is -0.352 e. The zero-order valence-corrected chi connectivity index (χ0v) is 12.3. The molecule has 7 nitrogen and oxygen atoms in total. The minimum atomic E-state index is -0.858. The maximum absolute atomic E-state index is 12.1. The lowest BCUT2D eigenvalue weighted by molar-refractivity contribution is -0.116. The second-order valence-corrected chi connectivity index (χ2v) is 5.01. The highest BCUT2D eigenvalue weighted by Gasteiger charge is 2.26. The van der Waals surface area contributed by atoms with Crippen molar-refractivity contribution in [3.8, 4) is 0 Å². The molecule has 2 rings (SSSR count). The molecule has 1 aromatic carbocycles. The lowest BCUT2D eigenvalue weighted by Crippen LogP contribution is -2.28.